The topological polar surface area (TPSA) is 42.7 Å². The van der Waals surface area contributed by atoms with Crippen molar-refractivity contribution in [2.75, 3.05) is 26.2 Å². The van der Waals surface area contributed by atoms with E-state index >= 15 is 0 Å². The van der Waals surface area contributed by atoms with E-state index in [0.29, 0.717) is 12.1 Å². The molecule has 2 heterocycles. The highest BCUT2D eigenvalue weighted by Gasteiger charge is 2.23. The molecule has 0 radical (unpaired) electrons. The number of carbonyl (C=O) groups is 1. The summed E-state index contributed by atoms with van der Waals surface area (Å²) in [7, 11) is 0. The van der Waals surface area contributed by atoms with Crippen LogP contribution in [0, 0.1) is 0 Å². The maximum Gasteiger partial charge on any atom is 0.180 e. The van der Waals surface area contributed by atoms with Gasteiger partial charge in [0.2, 0.25) is 0 Å². The van der Waals surface area contributed by atoms with Crippen LogP contribution in [0.4, 0.5) is 0 Å². The molecule has 0 amide bonds. The van der Waals surface area contributed by atoms with Crippen molar-refractivity contribution < 1.29 is 13.9 Å². The van der Waals surface area contributed by atoms with Crippen molar-refractivity contribution >= 4 is 16.8 Å². The van der Waals surface area contributed by atoms with Gasteiger partial charge in [-0.25, -0.2) is 0 Å². The summed E-state index contributed by atoms with van der Waals surface area (Å²) in [4.78, 5) is 14.7. The number of rotatable bonds is 5. The van der Waals surface area contributed by atoms with Crippen molar-refractivity contribution in [1.82, 2.24) is 4.90 Å². The minimum Gasteiger partial charge on any atom is -0.464 e. The molecule has 1 aromatic heterocycles. The Morgan fingerprint density at radius 1 is 1.43 bits per heavy atom. The molecule has 0 N–H and O–H groups in total. The van der Waals surface area contributed by atoms with Crippen LogP contribution in [0.5, 0.6) is 0 Å². The summed E-state index contributed by atoms with van der Waals surface area (Å²) in [5.74, 6) is 0.122. The molecule has 1 aromatic carbocycles. The third kappa shape index (κ3) is 3.17. The quantitative estimate of drug-likeness (QED) is 0.792. The minimum absolute atomic E-state index is 0.122. The van der Waals surface area contributed by atoms with Gasteiger partial charge in [-0.3, -0.25) is 9.69 Å². The number of nitrogens with zero attached hydrogens (tertiary/aromatic N) is 1. The fourth-order valence-corrected chi connectivity index (χ4v) is 3.01. The average Bonchev–Trinajstić information content (AvgIpc) is 2.92. The van der Waals surface area contributed by atoms with E-state index in [-0.39, 0.29) is 11.9 Å². The molecule has 0 spiro atoms. The summed E-state index contributed by atoms with van der Waals surface area (Å²) in [6, 6.07) is 7.67. The molecule has 3 rings (SSSR count). The van der Waals surface area contributed by atoms with Crippen LogP contribution in [0.1, 0.15) is 30.1 Å². The predicted molar refractivity (Wildman–Crippen MR) is 81.6 cm³/mol. The smallest absolute Gasteiger partial charge is 0.180 e. The molecule has 0 bridgehead atoms. The van der Waals surface area contributed by atoms with E-state index in [1.807, 2.05) is 31.2 Å². The van der Waals surface area contributed by atoms with Crippen LogP contribution in [0.2, 0.25) is 0 Å². The van der Waals surface area contributed by atoms with Crippen LogP contribution >= 0.6 is 0 Å². The van der Waals surface area contributed by atoms with E-state index < -0.39 is 0 Å². The molecule has 4 heteroatoms. The van der Waals surface area contributed by atoms with Gasteiger partial charge >= 0.3 is 0 Å². The summed E-state index contributed by atoms with van der Waals surface area (Å²) in [6.07, 6.45) is 4.02. The Morgan fingerprint density at radius 3 is 3.14 bits per heavy atom. The molecule has 2 aromatic rings. The van der Waals surface area contributed by atoms with E-state index in [2.05, 4.69) is 4.90 Å². The summed E-state index contributed by atoms with van der Waals surface area (Å²) in [5, 5.41) is 0.904. The maximum absolute atomic E-state index is 12.5. The van der Waals surface area contributed by atoms with Crippen molar-refractivity contribution in [2.24, 2.45) is 0 Å². The lowest BCUT2D eigenvalue weighted by molar-refractivity contribution is 0.00719. The largest absolute Gasteiger partial charge is 0.464 e. The molecule has 21 heavy (non-hydrogen) atoms. The van der Waals surface area contributed by atoms with Gasteiger partial charge in [0.15, 0.2) is 5.78 Å². The molecule has 0 aliphatic carbocycles. The van der Waals surface area contributed by atoms with Crippen molar-refractivity contribution in [2.45, 2.75) is 25.9 Å². The Hall–Kier alpha value is -1.65. The number of hydrogen-bond donors (Lipinski definition) is 0. The average molecular weight is 287 g/mol. The first-order valence-electron chi connectivity index (χ1n) is 7.61. The van der Waals surface area contributed by atoms with Crippen LogP contribution in [-0.2, 0) is 4.74 Å². The number of likely N-dealkylation sites (tertiary alicyclic amines) is 1. The summed E-state index contributed by atoms with van der Waals surface area (Å²) in [5.41, 5.74) is 1.45. The Balaban J connectivity index is 1.68. The summed E-state index contributed by atoms with van der Waals surface area (Å²) >= 11 is 0. The Labute approximate surface area is 124 Å². The number of carbonyl (C=O) groups excluding carboxylic acids is 1. The normalized spacial score (nSPS) is 20.0. The Bertz CT molecular complexity index is 617. The fourth-order valence-electron chi connectivity index (χ4n) is 3.01. The van der Waals surface area contributed by atoms with Gasteiger partial charge in [-0.1, -0.05) is 18.2 Å². The van der Waals surface area contributed by atoms with Gasteiger partial charge in [0, 0.05) is 18.5 Å². The van der Waals surface area contributed by atoms with Gasteiger partial charge < -0.3 is 9.15 Å². The third-order valence-corrected chi connectivity index (χ3v) is 4.01. The third-order valence-electron chi connectivity index (χ3n) is 4.01. The zero-order valence-electron chi connectivity index (χ0n) is 12.4. The molecule has 1 unspecified atom stereocenters. The second kappa shape index (κ2) is 6.41. The zero-order valence-corrected chi connectivity index (χ0v) is 12.4. The number of Topliss-reactive ketones (excluding diaryl/α,β-unsaturated/α-hetero) is 1. The van der Waals surface area contributed by atoms with Gasteiger partial charge in [0.05, 0.1) is 18.2 Å². The molecule has 0 saturated carbocycles. The van der Waals surface area contributed by atoms with Crippen LogP contribution in [0.15, 0.2) is 34.9 Å². The van der Waals surface area contributed by atoms with E-state index in [0.717, 1.165) is 43.5 Å². The van der Waals surface area contributed by atoms with Gasteiger partial charge in [0.25, 0.3) is 0 Å². The monoisotopic (exact) mass is 287 g/mol. The second-order valence-electron chi connectivity index (χ2n) is 5.52. The molecular weight excluding hydrogens is 266 g/mol. The SMILES string of the molecule is CCOC1CCCN(CC(=O)c2coc3ccccc23)C1. The first-order chi connectivity index (χ1) is 10.3. The van der Waals surface area contributed by atoms with Gasteiger partial charge in [-0.15, -0.1) is 0 Å². The lowest BCUT2D eigenvalue weighted by Crippen LogP contribution is -2.42. The minimum atomic E-state index is 0.122. The first kappa shape index (κ1) is 14.3. The zero-order chi connectivity index (χ0) is 14.7. The van der Waals surface area contributed by atoms with Crippen molar-refractivity contribution in [3.05, 3.63) is 36.1 Å². The Morgan fingerprint density at radius 2 is 2.29 bits per heavy atom. The van der Waals surface area contributed by atoms with Gasteiger partial charge in [-0.05, 0) is 32.4 Å². The molecule has 1 atom stereocenters. The van der Waals surface area contributed by atoms with Crippen LogP contribution in [0.25, 0.3) is 11.0 Å². The molecule has 1 aliphatic heterocycles. The number of ketones is 1. The molecule has 1 saturated heterocycles. The lowest BCUT2D eigenvalue weighted by atomic mass is 10.1. The van der Waals surface area contributed by atoms with Crippen molar-refractivity contribution in [1.29, 1.82) is 0 Å². The van der Waals surface area contributed by atoms with Crippen LogP contribution in [-0.4, -0.2) is 43.0 Å². The van der Waals surface area contributed by atoms with Gasteiger partial charge in [0.1, 0.15) is 11.8 Å². The van der Waals surface area contributed by atoms with E-state index in [9.17, 15) is 4.79 Å². The second-order valence-corrected chi connectivity index (χ2v) is 5.52. The summed E-state index contributed by atoms with van der Waals surface area (Å²) in [6.45, 7) is 4.99. The number of ether oxygens (including phenoxy) is 1. The highest BCUT2D eigenvalue weighted by molar-refractivity contribution is 6.08. The van der Waals surface area contributed by atoms with Crippen molar-refractivity contribution in [3.63, 3.8) is 0 Å². The molecule has 1 aliphatic rings. The maximum atomic E-state index is 12.5. The van der Waals surface area contributed by atoms with Crippen LogP contribution in [0.3, 0.4) is 0 Å². The van der Waals surface area contributed by atoms with E-state index in [1.165, 1.54) is 0 Å². The molecule has 1 fully saturated rings. The first-order valence-corrected chi connectivity index (χ1v) is 7.61. The molecular formula is C17H21NO3. The highest BCUT2D eigenvalue weighted by Crippen LogP contribution is 2.22. The predicted octanol–water partition coefficient (Wildman–Crippen LogP) is 3.12. The standard InChI is InChI=1S/C17H21NO3/c1-2-20-13-6-5-9-18(10-13)11-16(19)15-12-21-17-8-4-3-7-14(15)17/h3-4,7-8,12-13H,2,5-6,9-11H2,1H3. The number of furan rings is 1. The molecule has 4 nitrogen and oxygen atoms in total. The number of hydrogen-bond acceptors (Lipinski definition) is 4. The number of benzene rings is 1. The number of piperidine rings is 1. The Kier molecular flexibility index (Phi) is 4.36. The van der Waals surface area contributed by atoms with Crippen molar-refractivity contribution in [3.8, 4) is 0 Å². The van der Waals surface area contributed by atoms with E-state index in [1.54, 1.807) is 6.26 Å². The molecule has 112 valence electrons. The van der Waals surface area contributed by atoms with E-state index in [4.69, 9.17) is 9.15 Å². The van der Waals surface area contributed by atoms with Gasteiger partial charge in [-0.2, -0.15) is 0 Å². The highest BCUT2D eigenvalue weighted by atomic mass is 16.5. The van der Waals surface area contributed by atoms with Crippen LogP contribution < -0.4 is 0 Å². The number of fused-ring (bicyclic) bond motifs is 1. The fraction of sp³-hybridized carbons (Fsp3) is 0.471. The number of para-hydroxylation sites is 1. The lowest BCUT2D eigenvalue weighted by Gasteiger charge is -2.31. The summed E-state index contributed by atoms with van der Waals surface area (Å²) < 4.78 is 11.1.